The van der Waals surface area contributed by atoms with Crippen molar-refractivity contribution in [3.63, 3.8) is 0 Å². The lowest BCUT2D eigenvalue weighted by Gasteiger charge is -2.28. The van der Waals surface area contributed by atoms with Gasteiger partial charge in [0.2, 0.25) is 0 Å². The smallest absolute Gasteiger partial charge is 0.310 e. The van der Waals surface area contributed by atoms with Gasteiger partial charge in [0.15, 0.2) is 0 Å². The first kappa shape index (κ1) is 28.7. The maximum absolute atomic E-state index is 13.0. The molecule has 0 amide bonds. The van der Waals surface area contributed by atoms with Crippen LogP contribution in [0.25, 0.3) is 0 Å². The van der Waals surface area contributed by atoms with Crippen LogP contribution in [-0.2, 0) is 19.1 Å². The Morgan fingerprint density at radius 1 is 0.771 bits per heavy atom. The standard InChI is InChI=1S/C29H39NO4S/c1-28(2,3)33-25(31)18-22(27(32)34-29(4,5)6)17-23(35)19-24(20-13-9-7-10-14-20)26(30)21-15-11-8-12-16-21/h7-16,22,24,26H,17-19,30H2,1-6H3/t22-,24-,26-/m0/s1. The molecule has 0 spiro atoms. The molecule has 2 rings (SSSR count). The molecule has 0 aliphatic rings. The summed E-state index contributed by atoms with van der Waals surface area (Å²) in [5.41, 5.74) is 7.49. The summed E-state index contributed by atoms with van der Waals surface area (Å²) in [7, 11) is 0. The van der Waals surface area contributed by atoms with Crippen LogP contribution in [0.1, 0.15) is 83.9 Å². The van der Waals surface area contributed by atoms with Gasteiger partial charge < -0.3 is 15.2 Å². The number of benzene rings is 2. The van der Waals surface area contributed by atoms with Crippen LogP contribution in [0.5, 0.6) is 0 Å². The van der Waals surface area contributed by atoms with E-state index >= 15 is 0 Å². The predicted octanol–water partition coefficient (Wildman–Crippen LogP) is 6.31. The van der Waals surface area contributed by atoms with E-state index in [9.17, 15) is 9.59 Å². The van der Waals surface area contributed by atoms with Crippen LogP contribution in [0.3, 0.4) is 0 Å². The van der Waals surface area contributed by atoms with Crippen LogP contribution in [0.2, 0.25) is 0 Å². The van der Waals surface area contributed by atoms with Gasteiger partial charge in [0.1, 0.15) is 11.2 Å². The molecule has 2 aromatic rings. The maximum atomic E-state index is 13.0. The molecular weight excluding hydrogens is 458 g/mol. The maximum Gasteiger partial charge on any atom is 0.310 e. The summed E-state index contributed by atoms with van der Waals surface area (Å²) in [5, 5.41) is 0. The molecule has 0 saturated heterocycles. The van der Waals surface area contributed by atoms with E-state index < -0.39 is 29.1 Å². The van der Waals surface area contributed by atoms with Gasteiger partial charge in [0.05, 0.1) is 12.3 Å². The van der Waals surface area contributed by atoms with E-state index in [-0.39, 0.29) is 24.8 Å². The first-order valence-electron chi connectivity index (χ1n) is 12.1. The second-order valence-electron chi connectivity index (χ2n) is 10.9. The van der Waals surface area contributed by atoms with E-state index in [1.54, 1.807) is 41.5 Å². The molecule has 0 saturated carbocycles. The minimum absolute atomic E-state index is 0.0769. The lowest BCUT2D eigenvalue weighted by Crippen LogP contribution is -2.33. The third-order valence-corrected chi connectivity index (χ3v) is 5.67. The van der Waals surface area contributed by atoms with Crippen molar-refractivity contribution in [1.29, 1.82) is 0 Å². The summed E-state index contributed by atoms with van der Waals surface area (Å²) >= 11 is 5.78. The van der Waals surface area contributed by atoms with Crippen molar-refractivity contribution in [3.05, 3.63) is 71.8 Å². The average Bonchev–Trinajstić information content (AvgIpc) is 2.75. The molecule has 2 N–H and O–H groups in total. The summed E-state index contributed by atoms with van der Waals surface area (Å²) in [6.07, 6.45) is 0.657. The summed E-state index contributed by atoms with van der Waals surface area (Å²) in [4.78, 5) is 26.2. The van der Waals surface area contributed by atoms with Gasteiger partial charge >= 0.3 is 11.9 Å². The molecule has 0 aliphatic carbocycles. The molecule has 5 nitrogen and oxygen atoms in total. The highest BCUT2D eigenvalue weighted by atomic mass is 32.1. The zero-order chi connectivity index (χ0) is 26.2. The van der Waals surface area contributed by atoms with Crippen LogP contribution in [0.15, 0.2) is 60.7 Å². The summed E-state index contributed by atoms with van der Waals surface area (Å²) < 4.78 is 11.1. The highest BCUT2D eigenvalue weighted by Crippen LogP contribution is 2.34. The van der Waals surface area contributed by atoms with E-state index in [1.165, 1.54) is 0 Å². The molecule has 3 atom stereocenters. The van der Waals surface area contributed by atoms with Crippen molar-refractivity contribution in [3.8, 4) is 0 Å². The Hall–Kier alpha value is -2.57. The van der Waals surface area contributed by atoms with Crippen LogP contribution < -0.4 is 5.73 Å². The molecular formula is C29H39NO4S. The number of ether oxygens (including phenoxy) is 2. The second kappa shape index (κ2) is 12.4. The number of thiocarbonyl (C=S) groups is 1. The largest absolute Gasteiger partial charge is 0.460 e. The summed E-state index contributed by atoms with van der Waals surface area (Å²) in [5.74, 6) is -1.70. The number of esters is 2. The van der Waals surface area contributed by atoms with Gasteiger partial charge in [-0.3, -0.25) is 9.59 Å². The van der Waals surface area contributed by atoms with Crippen molar-refractivity contribution in [2.24, 2.45) is 11.7 Å². The quantitative estimate of drug-likeness (QED) is 0.306. The van der Waals surface area contributed by atoms with E-state index in [0.717, 1.165) is 11.1 Å². The normalized spacial score (nSPS) is 14.5. The van der Waals surface area contributed by atoms with E-state index in [1.807, 2.05) is 60.7 Å². The fraction of sp³-hybridized carbons (Fsp3) is 0.483. The van der Waals surface area contributed by atoms with Crippen molar-refractivity contribution in [2.75, 3.05) is 0 Å². The van der Waals surface area contributed by atoms with Gasteiger partial charge in [-0.25, -0.2) is 0 Å². The van der Waals surface area contributed by atoms with Gasteiger partial charge in [-0.1, -0.05) is 72.9 Å². The number of rotatable bonds is 10. The summed E-state index contributed by atoms with van der Waals surface area (Å²) in [6, 6.07) is 19.7. The molecule has 6 heteroatoms. The Morgan fingerprint density at radius 3 is 1.74 bits per heavy atom. The minimum Gasteiger partial charge on any atom is -0.460 e. The third kappa shape index (κ3) is 10.3. The van der Waals surface area contributed by atoms with Gasteiger partial charge in [0.25, 0.3) is 0 Å². The van der Waals surface area contributed by atoms with Gasteiger partial charge in [-0.15, -0.1) is 0 Å². The topological polar surface area (TPSA) is 78.6 Å². The zero-order valence-electron chi connectivity index (χ0n) is 21.7. The molecule has 0 radical (unpaired) electrons. The molecule has 0 heterocycles. The van der Waals surface area contributed by atoms with Crippen molar-refractivity contribution < 1.29 is 19.1 Å². The molecule has 0 unspecified atom stereocenters. The Kier molecular flexibility index (Phi) is 10.2. The van der Waals surface area contributed by atoms with Gasteiger partial charge in [-0.05, 0) is 70.4 Å². The molecule has 35 heavy (non-hydrogen) atoms. The molecule has 0 fully saturated rings. The first-order chi connectivity index (χ1) is 16.2. The Balaban J connectivity index is 2.24. The fourth-order valence-electron chi connectivity index (χ4n) is 3.87. The third-order valence-electron chi connectivity index (χ3n) is 5.34. The number of hydrogen-bond acceptors (Lipinski definition) is 6. The minimum atomic E-state index is -0.721. The van der Waals surface area contributed by atoms with Crippen molar-refractivity contribution in [2.45, 2.75) is 84.0 Å². The highest BCUT2D eigenvalue weighted by molar-refractivity contribution is 7.80. The average molecular weight is 498 g/mol. The van der Waals surface area contributed by atoms with E-state index in [4.69, 9.17) is 27.4 Å². The molecule has 190 valence electrons. The number of carbonyl (C=O) groups excluding carboxylic acids is 2. The Morgan fingerprint density at radius 2 is 1.26 bits per heavy atom. The monoisotopic (exact) mass is 497 g/mol. The lowest BCUT2D eigenvalue weighted by atomic mass is 9.83. The van der Waals surface area contributed by atoms with Crippen LogP contribution in [0, 0.1) is 5.92 Å². The van der Waals surface area contributed by atoms with E-state index in [0.29, 0.717) is 11.3 Å². The SMILES string of the molecule is CC(C)(C)OC(=O)C[C@H](CC(=S)C[C@@H](c1ccccc1)[C@@H](N)c1ccccc1)C(=O)OC(C)(C)C. The predicted molar refractivity (Wildman–Crippen MR) is 144 cm³/mol. The molecule has 0 bridgehead atoms. The summed E-state index contributed by atoms with van der Waals surface area (Å²) in [6.45, 7) is 10.8. The second-order valence-corrected chi connectivity index (χ2v) is 11.5. The van der Waals surface area contributed by atoms with Crippen LogP contribution in [-0.4, -0.2) is 28.0 Å². The van der Waals surface area contributed by atoms with Gasteiger partial charge in [0, 0.05) is 12.0 Å². The lowest BCUT2D eigenvalue weighted by molar-refractivity contribution is -0.167. The van der Waals surface area contributed by atoms with E-state index in [2.05, 4.69) is 0 Å². The zero-order valence-corrected chi connectivity index (χ0v) is 22.6. The first-order valence-corrected chi connectivity index (χ1v) is 12.5. The van der Waals surface area contributed by atoms with Crippen molar-refractivity contribution in [1.82, 2.24) is 0 Å². The van der Waals surface area contributed by atoms with Crippen LogP contribution in [0.4, 0.5) is 0 Å². The Labute approximate surface area is 215 Å². The van der Waals surface area contributed by atoms with Crippen molar-refractivity contribution >= 4 is 29.0 Å². The number of hydrogen-bond donors (Lipinski definition) is 1. The van der Waals surface area contributed by atoms with Crippen LogP contribution >= 0.6 is 12.2 Å². The van der Waals surface area contributed by atoms with Gasteiger partial charge in [-0.2, -0.15) is 0 Å². The molecule has 0 aliphatic heterocycles. The Bertz CT molecular complexity index is 977. The number of nitrogens with two attached hydrogens (primary N) is 1. The highest BCUT2D eigenvalue weighted by Gasteiger charge is 2.32. The molecule has 2 aromatic carbocycles. The fourth-order valence-corrected chi connectivity index (χ4v) is 4.25. The number of carbonyl (C=O) groups is 2. The molecule has 0 aromatic heterocycles.